The van der Waals surface area contributed by atoms with Crippen molar-refractivity contribution < 1.29 is 0 Å². The molecule has 1 rings (SSSR count). The Labute approximate surface area is 79.6 Å². The number of halogens is 1. The van der Waals surface area contributed by atoms with Gasteiger partial charge in [0.1, 0.15) is 0 Å². The van der Waals surface area contributed by atoms with Gasteiger partial charge in [-0.1, -0.05) is 38.4 Å². The quantitative estimate of drug-likeness (QED) is 0.572. The second-order valence-electron chi connectivity index (χ2n) is 4.13. The van der Waals surface area contributed by atoms with E-state index in [1.807, 2.05) is 13.0 Å². The van der Waals surface area contributed by atoms with Gasteiger partial charge in [-0.15, -0.1) is 0 Å². The summed E-state index contributed by atoms with van der Waals surface area (Å²) in [7, 11) is 0. The molecule has 0 spiro atoms. The third-order valence-corrected chi connectivity index (χ3v) is 2.17. The molecule has 0 bridgehead atoms. The maximum absolute atomic E-state index is 6.05. The number of rotatable bonds is 0. The molecule has 0 unspecified atom stereocenters. The summed E-state index contributed by atoms with van der Waals surface area (Å²) in [6.45, 7) is 8.51. The van der Waals surface area contributed by atoms with Crippen LogP contribution in [-0.2, 0) is 5.41 Å². The predicted molar refractivity (Wildman–Crippen MR) is 53.7 cm³/mol. The largest absolute Gasteiger partial charge is 0.0840 e. The molecular formula is C11H14Cl. The average molecular weight is 182 g/mol. The minimum absolute atomic E-state index is 0.122. The minimum Gasteiger partial charge on any atom is -0.0840 e. The molecule has 0 saturated heterocycles. The average Bonchev–Trinajstić information content (AvgIpc) is 1.92. The standard InChI is InChI=1S/C11H14Cl/c1-8-5-6-10(12)9(7-8)11(2,3)4/h6-7H,1-4H3. The van der Waals surface area contributed by atoms with Crippen LogP contribution in [0.3, 0.4) is 0 Å². The molecule has 0 aromatic heterocycles. The van der Waals surface area contributed by atoms with E-state index in [2.05, 4.69) is 32.9 Å². The van der Waals surface area contributed by atoms with Crippen LogP contribution in [0.5, 0.6) is 0 Å². The lowest BCUT2D eigenvalue weighted by Gasteiger charge is -2.20. The molecule has 0 fully saturated rings. The normalized spacial score (nSPS) is 11.8. The minimum atomic E-state index is 0.122. The van der Waals surface area contributed by atoms with Gasteiger partial charge in [0.2, 0.25) is 0 Å². The monoisotopic (exact) mass is 181 g/mol. The van der Waals surface area contributed by atoms with E-state index < -0.39 is 0 Å². The Morgan fingerprint density at radius 1 is 1.33 bits per heavy atom. The van der Waals surface area contributed by atoms with Crippen LogP contribution in [0, 0.1) is 13.0 Å². The molecule has 0 N–H and O–H groups in total. The van der Waals surface area contributed by atoms with Gasteiger partial charge in [0.25, 0.3) is 0 Å². The van der Waals surface area contributed by atoms with Gasteiger partial charge in [0, 0.05) is 5.02 Å². The Kier molecular flexibility index (Phi) is 2.48. The summed E-state index contributed by atoms with van der Waals surface area (Å²) in [6.07, 6.45) is 0. The lowest BCUT2D eigenvalue weighted by atomic mass is 9.86. The van der Waals surface area contributed by atoms with Crippen LogP contribution in [0.25, 0.3) is 0 Å². The molecule has 0 atom stereocenters. The molecule has 0 amide bonds. The van der Waals surface area contributed by atoms with Crippen LogP contribution in [0.2, 0.25) is 5.02 Å². The molecule has 0 heterocycles. The highest BCUT2D eigenvalue weighted by molar-refractivity contribution is 6.31. The molecule has 12 heavy (non-hydrogen) atoms. The van der Waals surface area contributed by atoms with Crippen molar-refractivity contribution in [3.05, 3.63) is 34.3 Å². The van der Waals surface area contributed by atoms with E-state index in [9.17, 15) is 0 Å². The first kappa shape index (κ1) is 9.60. The van der Waals surface area contributed by atoms with Crippen LogP contribution in [-0.4, -0.2) is 0 Å². The van der Waals surface area contributed by atoms with E-state index in [-0.39, 0.29) is 5.41 Å². The molecule has 0 nitrogen and oxygen atoms in total. The molecule has 0 aliphatic carbocycles. The van der Waals surface area contributed by atoms with Crippen LogP contribution in [0.15, 0.2) is 12.1 Å². The zero-order chi connectivity index (χ0) is 9.35. The van der Waals surface area contributed by atoms with Crippen LogP contribution in [0.4, 0.5) is 0 Å². The number of hydrogen-bond donors (Lipinski definition) is 0. The van der Waals surface area contributed by atoms with E-state index in [1.165, 1.54) is 5.56 Å². The van der Waals surface area contributed by atoms with Crippen molar-refractivity contribution in [1.29, 1.82) is 0 Å². The van der Waals surface area contributed by atoms with Crippen molar-refractivity contribution >= 4 is 11.6 Å². The third kappa shape index (κ3) is 2.01. The summed E-state index contributed by atoms with van der Waals surface area (Å²) in [5.74, 6) is 0. The second-order valence-corrected chi connectivity index (χ2v) is 4.53. The van der Waals surface area contributed by atoms with E-state index in [4.69, 9.17) is 11.6 Å². The third-order valence-electron chi connectivity index (χ3n) is 1.85. The predicted octanol–water partition coefficient (Wildman–Crippen LogP) is 3.75. The molecule has 1 radical (unpaired) electrons. The van der Waals surface area contributed by atoms with Crippen molar-refractivity contribution in [3.8, 4) is 0 Å². The topological polar surface area (TPSA) is 0 Å². The Hall–Kier alpha value is -0.490. The zero-order valence-corrected chi connectivity index (χ0v) is 8.79. The van der Waals surface area contributed by atoms with Gasteiger partial charge in [-0.05, 0) is 35.6 Å². The van der Waals surface area contributed by atoms with Gasteiger partial charge in [0.15, 0.2) is 0 Å². The fraction of sp³-hybridized carbons (Fsp3) is 0.455. The van der Waals surface area contributed by atoms with Crippen LogP contribution in [0.1, 0.15) is 31.9 Å². The Morgan fingerprint density at radius 3 is 2.33 bits per heavy atom. The van der Waals surface area contributed by atoms with Crippen LogP contribution >= 0.6 is 11.6 Å². The van der Waals surface area contributed by atoms with Crippen molar-refractivity contribution in [2.24, 2.45) is 0 Å². The second kappa shape index (κ2) is 3.10. The maximum Gasteiger partial charge on any atom is 0.0449 e. The molecule has 0 aliphatic heterocycles. The summed E-state index contributed by atoms with van der Waals surface area (Å²) >= 11 is 6.05. The van der Waals surface area contributed by atoms with E-state index >= 15 is 0 Å². The van der Waals surface area contributed by atoms with E-state index in [1.54, 1.807) is 0 Å². The summed E-state index contributed by atoms with van der Waals surface area (Å²) < 4.78 is 0. The summed E-state index contributed by atoms with van der Waals surface area (Å²) in [6, 6.07) is 7.02. The number of benzene rings is 1. The Balaban J connectivity index is 3.23. The molecule has 65 valence electrons. The molecule has 1 aromatic rings. The molecular weight excluding hydrogens is 168 g/mol. The first-order valence-corrected chi connectivity index (χ1v) is 4.47. The van der Waals surface area contributed by atoms with Gasteiger partial charge in [-0.2, -0.15) is 0 Å². The lowest BCUT2D eigenvalue weighted by Crippen LogP contribution is -2.11. The van der Waals surface area contributed by atoms with Crippen LogP contribution < -0.4 is 0 Å². The molecule has 1 heteroatoms. The van der Waals surface area contributed by atoms with Crippen molar-refractivity contribution in [3.63, 3.8) is 0 Å². The van der Waals surface area contributed by atoms with E-state index in [0.29, 0.717) is 0 Å². The van der Waals surface area contributed by atoms with Gasteiger partial charge in [0.05, 0.1) is 0 Å². The fourth-order valence-electron chi connectivity index (χ4n) is 1.16. The molecule has 1 aromatic carbocycles. The van der Waals surface area contributed by atoms with Crippen molar-refractivity contribution in [2.45, 2.75) is 33.1 Å². The van der Waals surface area contributed by atoms with Gasteiger partial charge >= 0.3 is 0 Å². The summed E-state index contributed by atoms with van der Waals surface area (Å²) in [5, 5.41) is 0.813. The first-order valence-electron chi connectivity index (χ1n) is 4.09. The maximum atomic E-state index is 6.05. The highest BCUT2D eigenvalue weighted by Gasteiger charge is 2.16. The van der Waals surface area contributed by atoms with Gasteiger partial charge in [-0.25, -0.2) is 0 Å². The Morgan fingerprint density at radius 2 is 1.92 bits per heavy atom. The molecule has 0 aliphatic rings. The fourth-order valence-corrected chi connectivity index (χ4v) is 1.55. The first-order chi connectivity index (χ1) is 5.41. The van der Waals surface area contributed by atoms with Crippen molar-refractivity contribution in [2.75, 3.05) is 0 Å². The summed E-state index contributed by atoms with van der Waals surface area (Å²) in [4.78, 5) is 0. The highest BCUT2D eigenvalue weighted by atomic mass is 35.5. The lowest BCUT2D eigenvalue weighted by molar-refractivity contribution is 0.590. The van der Waals surface area contributed by atoms with E-state index in [0.717, 1.165) is 10.6 Å². The number of hydrogen-bond acceptors (Lipinski definition) is 0. The highest BCUT2D eigenvalue weighted by Crippen LogP contribution is 2.29. The number of aryl methyl sites for hydroxylation is 1. The van der Waals surface area contributed by atoms with Crippen molar-refractivity contribution in [1.82, 2.24) is 0 Å². The molecule has 0 saturated carbocycles. The summed E-state index contributed by atoms with van der Waals surface area (Å²) in [5.41, 5.74) is 2.46. The SMILES string of the molecule is Cc1[c]cc(Cl)c(C(C)(C)C)c1. The zero-order valence-electron chi connectivity index (χ0n) is 8.03. The smallest absolute Gasteiger partial charge is 0.0449 e. The van der Waals surface area contributed by atoms with Gasteiger partial charge < -0.3 is 0 Å². The van der Waals surface area contributed by atoms with Gasteiger partial charge in [-0.3, -0.25) is 0 Å². The Bertz CT molecular complexity index is 282.